The van der Waals surface area contributed by atoms with Gasteiger partial charge >= 0.3 is 0 Å². The van der Waals surface area contributed by atoms with E-state index < -0.39 is 6.17 Å². The number of hydrogen-bond acceptors (Lipinski definition) is 3. The Balaban J connectivity index is 1.46. The Kier molecular flexibility index (Phi) is 11.2. The van der Waals surface area contributed by atoms with E-state index in [9.17, 15) is 4.39 Å². The van der Waals surface area contributed by atoms with E-state index in [1.807, 2.05) is 50.5 Å². The molecule has 0 aliphatic carbocycles. The zero-order valence-electron chi connectivity index (χ0n) is 21.7. The molecule has 0 spiro atoms. The van der Waals surface area contributed by atoms with E-state index in [4.69, 9.17) is 4.74 Å². The third-order valence-corrected chi connectivity index (χ3v) is 6.50. The van der Waals surface area contributed by atoms with Crippen molar-refractivity contribution in [1.29, 1.82) is 0 Å². The number of ether oxygens (including phenoxy) is 1. The lowest BCUT2D eigenvalue weighted by Gasteiger charge is -2.13. The van der Waals surface area contributed by atoms with E-state index in [-0.39, 0.29) is 12.5 Å². The number of aryl methyl sites for hydroxylation is 1. The molecule has 3 rings (SSSR count). The number of hydrogen-bond donors (Lipinski definition) is 0. The molecule has 0 amide bonds. The number of alkyl halides is 1. The summed E-state index contributed by atoms with van der Waals surface area (Å²) in [5.41, 5.74) is 4.36. The summed E-state index contributed by atoms with van der Waals surface area (Å²) in [5, 5.41) is 0. The molecule has 0 fully saturated rings. The van der Waals surface area contributed by atoms with E-state index in [0.717, 1.165) is 28.9 Å². The van der Waals surface area contributed by atoms with Gasteiger partial charge in [-0.15, -0.1) is 0 Å². The maximum Gasteiger partial charge on any atom is 0.159 e. The SMILES string of the molecule is CCCCCCCCCCc1ccc(-c2ncc(-c3ccc(OCC(F)C(C)C)cc3)cn2)cc1. The van der Waals surface area contributed by atoms with Crippen LogP contribution >= 0.6 is 0 Å². The van der Waals surface area contributed by atoms with E-state index in [2.05, 4.69) is 41.2 Å². The fourth-order valence-corrected chi connectivity index (χ4v) is 4.02. The molecule has 4 heteroatoms. The lowest BCUT2D eigenvalue weighted by atomic mass is 10.0. The standard InChI is InChI=1S/C31H41FN2O/c1-4-5-6-7-8-9-10-11-12-25-13-15-27(16-14-25)31-33-21-28(22-34-31)26-17-19-29(20-18-26)35-23-30(32)24(2)3/h13-22,24,30H,4-12,23H2,1-3H3. The van der Waals surface area contributed by atoms with Crippen LogP contribution in [0.4, 0.5) is 4.39 Å². The zero-order chi connectivity index (χ0) is 24.9. The van der Waals surface area contributed by atoms with Gasteiger partial charge in [-0.25, -0.2) is 14.4 Å². The fourth-order valence-electron chi connectivity index (χ4n) is 4.02. The minimum Gasteiger partial charge on any atom is -0.491 e. The summed E-state index contributed by atoms with van der Waals surface area (Å²) < 4.78 is 19.3. The van der Waals surface area contributed by atoms with Crippen LogP contribution in [0.25, 0.3) is 22.5 Å². The monoisotopic (exact) mass is 476 g/mol. The van der Waals surface area contributed by atoms with Gasteiger partial charge in [-0.1, -0.05) is 102 Å². The first kappa shape index (κ1) is 26.8. The van der Waals surface area contributed by atoms with Crippen LogP contribution in [0.15, 0.2) is 60.9 Å². The van der Waals surface area contributed by atoms with Crippen LogP contribution < -0.4 is 4.74 Å². The molecule has 3 nitrogen and oxygen atoms in total. The quantitative estimate of drug-likeness (QED) is 0.205. The van der Waals surface area contributed by atoms with Crippen LogP contribution in [0, 0.1) is 5.92 Å². The van der Waals surface area contributed by atoms with Gasteiger partial charge in [-0.2, -0.15) is 0 Å². The molecule has 0 N–H and O–H groups in total. The first-order chi connectivity index (χ1) is 17.1. The topological polar surface area (TPSA) is 35.0 Å². The molecule has 0 bridgehead atoms. The van der Waals surface area contributed by atoms with Crippen molar-refractivity contribution in [3.8, 4) is 28.3 Å². The number of rotatable bonds is 15. The Labute approximate surface area is 211 Å². The molecule has 1 unspecified atom stereocenters. The molecule has 0 saturated heterocycles. The van der Waals surface area contributed by atoms with Gasteiger partial charge in [-0.3, -0.25) is 0 Å². The van der Waals surface area contributed by atoms with E-state index in [1.54, 1.807) is 0 Å². The van der Waals surface area contributed by atoms with Crippen LogP contribution in [0.2, 0.25) is 0 Å². The van der Waals surface area contributed by atoms with Crippen molar-refractivity contribution in [2.75, 3.05) is 6.61 Å². The maximum atomic E-state index is 13.7. The van der Waals surface area contributed by atoms with Crippen molar-refractivity contribution < 1.29 is 9.13 Å². The normalized spacial score (nSPS) is 12.1. The summed E-state index contributed by atoms with van der Waals surface area (Å²) >= 11 is 0. The van der Waals surface area contributed by atoms with Crippen molar-refractivity contribution in [3.05, 3.63) is 66.5 Å². The molecule has 0 saturated carbocycles. The molecule has 35 heavy (non-hydrogen) atoms. The first-order valence-electron chi connectivity index (χ1n) is 13.4. The molecule has 1 aromatic heterocycles. The number of aromatic nitrogens is 2. The minimum absolute atomic E-state index is 0.0453. The second-order valence-corrected chi connectivity index (χ2v) is 9.81. The molecular weight excluding hydrogens is 435 g/mol. The predicted molar refractivity (Wildman–Crippen MR) is 144 cm³/mol. The highest BCUT2D eigenvalue weighted by Gasteiger charge is 2.12. The third-order valence-electron chi connectivity index (χ3n) is 6.50. The minimum atomic E-state index is -0.963. The summed E-state index contributed by atoms with van der Waals surface area (Å²) in [4.78, 5) is 9.16. The first-order valence-corrected chi connectivity index (χ1v) is 13.4. The number of unbranched alkanes of at least 4 members (excludes halogenated alkanes) is 7. The van der Waals surface area contributed by atoms with Crippen molar-refractivity contribution >= 4 is 0 Å². The molecule has 0 aliphatic rings. The van der Waals surface area contributed by atoms with Gasteiger partial charge in [0.05, 0.1) is 0 Å². The van der Waals surface area contributed by atoms with Gasteiger partial charge < -0.3 is 4.74 Å². The lowest BCUT2D eigenvalue weighted by molar-refractivity contribution is 0.155. The summed E-state index contributed by atoms with van der Waals surface area (Å²) in [5.74, 6) is 1.35. The van der Waals surface area contributed by atoms with Gasteiger partial charge in [0.1, 0.15) is 18.5 Å². The maximum absolute atomic E-state index is 13.7. The van der Waals surface area contributed by atoms with Gasteiger partial charge in [0, 0.05) is 23.5 Å². The number of halogens is 1. The lowest BCUT2D eigenvalue weighted by Crippen LogP contribution is -2.18. The van der Waals surface area contributed by atoms with E-state index in [1.165, 1.54) is 56.9 Å². The average molecular weight is 477 g/mol. The van der Waals surface area contributed by atoms with Gasteiger partial charge in [0.15, 0.2) is 5.82 Å². The predicted octanol–water partition coefficient (Wildman–Crippen LogP) is 8.87. The van der Waals surface area contributed by atoms with Crippen LogP contribution in [-0.2, 0) is 6.42 Å². The van der Waals surface area contributed by atoms with Gasteiger partial charge in [0.25, 0.3) is 0 Å². The van der Waals surface area contributed by atoms with E-state index >= 15 is 0 Å². The number of nitrogens with zero attached hydrogens (tertiary/aromatic N) is 2. The van der Waals surface area contributed by atoms with Crippen LogP contribution in [0.1, 0.15) is 77.7 Å². The van der Waals surface area contributed by atoms with Crippen LogP contribution in [0.5, 0.6) is 5.75 Å². The molecule has 1 atom stereocenters. The molecule has 188 valence electrons. The Morgan fingerprint density at radius 2 is 1.29 bits per heavy atom. The molecule has 0 aliphatic heterocycles. The Hall–Kier alpha value is -2.75. The fraction of sp³-hybridized carbons (Fsp3) is 0.484. The average Bonchev–Trinajstić information content (AvgIpc) is 2.89. The van der Waals surface area contributed by atoms with Crippen LogP contribution in [-0.4, -0.2) is 22.7 Å². The second kappa shape index (κ2) is 14.6. The number of benzene rings is 2. The molecule has 1 heterocycles. The van der Waals surface area contributed by atoms with Crippen molar-refractivity contribution in [2.24, 2.45) is 5.92 Å². The second-order valence-electron chi connectivity index (χ2n) is 9.81. The Bertz CT molecular complexity index is 968. The molecule has 3 aromatic rings. The summed E-state index contributed by atoms with van der Waals surface area (Å²) in [7, 11) is 0. The van der Waals surface area contributed by atoms with Gasteiger partial charge in [-0.05, 0) is 42.0 Å². The van der Waals surface area contributed by atoms with E-state index in [0.29, 0.717) is 5.75 Å². The highest BCUT2D eigenvalue weighted by Crippen LogP contribution is 2.24. The Morgan fingerprint density at radius 1 is 0.714 bits per heavy atom. The van der Waals surface area contributed by atoms with Gasteiger partial charge in [0.2, 0.25) is 0 Å². The van der Waals surface area contributed by atoms with Crippen molar-refractivity contribution in [3.63, 3.8) is 0 Å². The van der Waals surface area contributed by atoms with Crippen LogP contribution in [0.3, 0.4) is 0 Å². The molecule has 2 aromatic carbocycles. The highest BCUT2D eigenvalue weighted by atomic mass is 19.1. The summed E-state index contributed by atoms with van der Waals surface area (Å²) in [6, 6.07) is 16.3. The third kappa shape index (κ3) is 9.08. The smallest absolute Gasteiger partial charge is 0.159 e. The largest absolute Gasteiger partial charge is 0.491 e. The highest BCUT2D eigenvalue weighted by molar-refractivity contribution is 5.64. The van der Waals surface area contributed by atoms with Crippen molar-refractivity contribution in [2.45, 2.75) is 84.7 Å². The molecule has 0 radical (unpaired) electrons. The Morgan fingerprint density at radius 3 is 1.89 bits per heavy atom. The van der Waals surface area contributed by atoms with Crippen molar-refractivity contribution in [1.82, 2.24) is 9.97 Å². The molecular formula is C31H41FN2O. The summed E-state index contributed by atoms with van der Waals surface area (Å²) in [6.07, 6.45) is 14.7. The summed E-state index contributed by atoms with van der Waals surface area (Å²) in [6.45, 7) is 6.05. The zero-order valence-corrected chi connectivity index (χ0v) is 21.7.